The molecule has 0 aliphatic carbocycles. The second-order valence-corrected chi connectivity index (χ2v) is 8.95. The lowest BCUT2D eigenvalue weighted by Crippen LogP contribution is -2.24. The van der Waals surface area contributed by atoms with E-state index in [1.54, 1.807) is 12.1 Å². The third kappa shape index (κ3) is 5.61. The fourth-order valence-corrected chi connectivity index (χ4v) is 4.63. The monoisotopic (exact) mass is 502 g/mol. The van der Waals surface area contributed by atoms with Gasteiger partial charge < -0.3 is 14.3 Å². The van der Waals surface area contributed by atoms with E-state index in [0.717, 1.165) is 34.2 Å². The molecule has 0 fully saturated rings. The molecular formula is C30H25F3N2O2. The summed E-state index contributed by atoms with van der Waals surface area (Å²) < 4.78 is 47.1. The highest BCUT2D eigenvalue weighted by Crippen LogP contribution is 2.37. The Balaban J connectivity index is 1.52. The second kappa shape index (κ2) is 10.4. The smallest absolute Gasteiger partial charge is 0.416 e. The number of alkyl halides is 3. The first-order valence-electron chi connectivity index (χ1n) is 12.0. The number of carbonyl (C=O) groups is 1. The zero-order chi connectivity index (χ0) is 25.8. The molecule has 2 aromatic heterocycles. The van der Waals surface area contributed by atoms with Crippen LogP contribution in [0.2, 0.25) is 0 Å². The largest absolute Gasteiger partial charge is 0.467 e. The maximum atomic E-state index is 13.2. The summed E-state index contributed by atoms with van der Waals surface area (Å²) in [6.07, 6.45) is -0.806. The van der Waals surface area contributed by atoms with Gasteiger partial charge in [0.25, 0.3) is 0 Å². The first kappa shape index (κ1) is 24.4. The Kier molecular flexibility index (Phi) is 6.86. The number of halogens is 3. The predicted octanol–water partition coefficient (Wildman–Crippen LogP) is 7.14. The van der Waals surface area contributed by atoms with Crippen molar-refractivity contribution in [3.8, 4) is 0 Å². The van der Waals surface area contributed by atoms with Crippen LogP contribution in [-0.2, 0) is 24.1 Å². The minimum absolute atomic E-state index is 0.0748. The number of hydrogen-bond acceptors (Lipinski definition) is 2. The summed E-state index contributed by atoms with van der Waals surface area (Å²) in [5.74, 6) is -0.0408. The average molecular weight is 503 g/mol. The number of fused-ring (bicyclic) bond motifs is 1. The molecule has 0 aliphatic rings. The van der Waals surface area contributed by atoms with Crippen LogP contribution in [0.1, 0.15) is 40.4 Å². The van der Waals surface area contributed by atoms with Crippen molar-refractivity contribution in [3.05, 3.63) is 131 Å². The molecule has 0 bridgehead atoms. The van der Waals surface area contributed by atoms with Gasteiger partial charge in [0, 0.05) is 36.0 Å². The van der Waals surface area contributed by atoms with E-state index in [9.17, 15) is 18.0 Å². The molecule has 5 rings (SSSR count). The zero-order valence-corrected chi connectivity index (χ0v) is 19.9. The lowest BCUT2D eigenvalue weighted by atomic mass is 9.87. The Morgan fingerprint density at radius 2 is 1.62 bits per heavy atom. The molecule has 0 saturated carbocycles. The van der Waals surface area contributed by atoms with Crippen molar-refractivity contribution >= 4 is 16.8 Å². The minimum Gasteiger partial charge on any atom is -0.467 e. The number of hydrogen-bond donors (Lipinski definition) is 1. The quantitative estimate of drug-likeness (QED) is 0.245. The lowest BCUT2D eigenvalue weighted by molar-refractivity contribution is -0.137. The average Bonchev–Trinajstić information content (AvgIpc) is 3.55. The van der Waals surface area contributed by atoms with Crippen LogP contribution in [0.25, 0.3) is 10.9 Å². The van der Waals surface area contributed by atoms with Gasteiger partial charge in [-0.05, 0) is 47.0 Å². The summed E-state index contributed by atoms with van der Waals surface area (Å²) in [6, 6.07) is 26.5. The molecule has 1 amide bonds. The van der Waals surface area contributed by atoms with Gasteiger partial charge in [0.1, 0.15) is 5.76 Å². The maximum Gasteiger partial charge on any atom is 0.416 e. The van der Waals surface area contributed by atoms with Gasteiger partial charge in [0.15, 0.2) is 0 Å². The van der Waals surface area contributed by atoms with E-state index in [4.69, 9.17) is 4.42 Å². The molecule has 0 aliphatic heterocycles. The van der Waals surface area contributed by atoms with Gasteiger partial charge in [0.2, 0.25) is 5.91 Å². The molecule has 37 heavy (non-hydrogen) atoms. The Labute approximate surface area is 212 Å². The number of carbonyl (C=O) groups excluding carboxylic acids is 1. The number of rotatable bonds is 8. The second-order valence-electron chi connectivity index (χ2n) is 8.95. The van der Waals surface area contributed by atoms with Crippen molar-refractivity contribution in [3.63, 3.8) is 0 Å². The first-order chi connectivity index (χ1) is 17.9. The molecule has 4 nitrogen and oxygen atoms in total. The maximum absolute atomic E-state index is 13.2. The van der Waals surface area contributed by atoms with E-state index >= 15 is 0 Å². The highest BCUT2D eigenvalue weighted by atomic mass is 19.4. The molecular weight excluding hydrogens is 477 g/mol. The van der Waals surface area contributed by atoms with Crippen molar-refractivity contribution in [2.75, 3.05) is 0 Å². The number of aromatic nitrogens is 1. The molecule has 5 aromatic rings. The first-order valence-corrected chi connectivity index (χ1v) is 12.0. The van der Waals surface area contributed by atoms with E-state index in [2.05, 4.69) is 9.88 Å². The summed E-state index contributed by atoms with van der Waals surface area (Å²) in [6.45, 7) is 0.868. The van der Waals surface area contributed by atoms with Crippen molar-refractivity contribution < 1.29 is 22.4 Å². The van der Waals surface area contributed by atoms with E-state index in [-0.39, 0.29) is 18.9 Å². The summed E-state index contributed by atoms with van der Waals surface area (Å²) in [5.41, 5.74) is 2.93. The highest BCUT2D eigenvalue weighted by molar-refractivity contribution is 5.86. The molecule has 3 aromatic carbocycles. The van der Waals surface area contributed by atoms with Crippen LogP contribution in [0.15, 0.2) is 108 Å². The molecule has 1 atom stereocenters. The highest BCUT2D eigenvalue weighted by Gasteiger charge is 2.31. The van der Waals surface area contributed by atoms with Gasteiger partial charge in [-0.1, -0.05) is 60.7 Å². The normalized spacial score (nSPS) is 12.5. The third-order valence-electron chi connectivity index (χ3n) is 6.46. The number of nitrogens with zero attached hydrogens (tertiary/aromatic N) is 1. The molecule has 188 valence electrons. The van der Waals surface area contributed by atoms with Crippen molar-refractivity contribution in [2.24, 2.45) is 0 Å². The Bertz CT molecular complexity index is 1470. The van der Waals surface area contributed by atoms with E-state index in [1.165, 1.54) is 18.4 Å². The van der Waals surface area contributed by atoms with Crippen LogP contribution >= 0.6 is 0 Å². The van der Waals surface area contributed by atoms with E-state index < -0.39 is 17.7 Å². The van der Waals surface area contributed by atoms with Gasteiger partial charge >= 0.3 is 6.18 Å². The van der Waals surface area contributed by atoms with Crippen LogP contribution in [0.3, 0.4) is 0 Å². The minimum atomic E-state index is -4.43. The van der Waals surface area contributed by atoms with Crippen LogP contribution < -0.4 is 5.32 Å². The van der Waals surface area contributed by atoms with Crippen LogP contribution in [0.4, 0.5) is 13.2 Å². The van der Waals surface area contributed by atoms with Gasteiger partial charge in [-0.3, -0.25) is 4.79 Å². The van der Waals surface area contributed by atoms with Gasteiger partial charge in [0.05, 0.1) is 18.4 Å². The number of furan rings is 1. The van der Waals surface area contributed by atoms with E-state index in [1.807, 2.05) is 60.8 Å². The van der Waals surface area contributed by atoms with Gasteiger partial charge in [-0.15, -0.1) is 0 Å². The third-order valence-corrected chi connectivity index (χ3v) is 6.46. The molecule has 7 heteroatoms. The zero-order valence-electron chi connectivity index (χ0n) is 19.9. The van der Waals surface area contributed by atoms with Gasteiger partial charge in [-0.2, -0.15) is 13.2 Å². The van der Waals surface area contributed by atoms with Crippen molar-refractivity contribution in [2.45, 2.75) is 31.6 Å². The molecule has 0 unspecified atom stereocenters. The summed E-state index contributed by atoms with van der Waals surface area (Å²) in [5, 5.41) is 3.83. The molecule has 0 saturated heterocycles. The Morgan fingerprint density at radius 3 is 2.32 bits per heavy atom. The van der Waals surface area contributed by atoms with Crippen LogP contribution in [0, 0.1) is 0 Å². The molecule has 1 N–H and O–H groups in total. The molecule has 0 spiro atoms. The Morgan fingerprint density at radius 1 is 0.892 bits per heavy atom. The standard InChI is InChI=1S/C30H25F3N2O2/c31-30(32,33)23-14-12-22(13-15-23)26(17-29(36)34-18-24-9-6-16-37-24)27-20-35(19-21-7-2-1-3-8-21)28-11-5-4-10-25(27)28/h1-16,20,26H,17-19H2,(H,34,36)/t26-/m0/s1. The fraction of sp³-hybridized carbons (Fsp3) is 0.167. The number of benzene rings is 3. The Hall–Kier alpha value is -4.26. The number of para-hydroxylation sites is 1. The van der Waals surface area contributed by atoms with Gasteiger partial charge in [-0.25, -0.2) is 0 Å². The van der Waals surface area contributed by atoms with E-state index in [0.29, 0.717) is 17.9 Å². The summed E-state index contributed by atoms with van der Waals surface area (Å²) in [4.78, 5) is 13.0. The SMILES string of the molecule is O=C(C[C@@H](c1ccc(C(F)(F)F)cc1)c1cn(Cc2ccccc2)c2ccccc12)NCc1ccco1. The topological polar surface area (TPSA) is 47.2 Å². The van der Waals surface area contributed by atoms with Crippen LogP contribution in [-0.4, -0.2) is 10.5 Å². The number of nitrogens with one attached hydrogen (secondary N) is 1. The molecule has 2 heterocycles. The summed E-state index contributed by atoms with van der Waals surface area (Å²) in [7, 11) is 0. The summed E-state index contributed by atoms with van der Waals surface area (Å²) >= 11 is 0. The van der Waals surface area contributed by atoms with Crippen molar-refractivity contribution in [1.29, 1.82) is 0 Å². The predicted molar refractivity (Wildman–Crippen MR) is 136 cm³/mol. The van der Waals surface area contributed by atoms with Crippen molar-refractivity contribution in [1.82, 2.24) is 9.88 Å². The molecule has 0 radical (unpaired) electrons. The number of amides is 1. The lowest BCUT2D eigenvalue weighted by Gasteiger charge is -2.18. The fourth-order valence-electron chi connectivity index (χ4n) is 4.63. The van der Waals surface area contributed by atoms with Crippen LogP contribution in [0.5, 0.6) is 0 Å².